The van der Waals surface area contributed by atoms with Gasteiger partial charge < -0.3 is 10.2 Å². The van der Waals surface area contributed by atoms with Crippen molar-refractivity contribution >= 4 is 17.5 Å². The van der Waals surface area contributed by atoms with E-state index >= 15 is 0 Å². The van der Waals surface area contributed by atoms with Crippen molar-refractivity contribution in [2.75, 3.05) is 23.3 Å². The average Bonchev–Trinajstić information content (AvgIpc) is 2.61. The summed E-state index contributed by atoms with van der Waals surface area (Å²) in [6.07, 6.45) is 2.38. The number of carbonyl (C=O) groups excluding carboxylic acids is 1. The molecule has 0 saturated carbocycles. The van der Waals surface area contributed by atoms with E-state index in [1.54, 1.807) is 6.07 Å². The highest BCUT2D eigenvalue weighted by Gasteiger charge is 2.21. The molecule has 1 atom stereocenters. The Hall–Kier alpha value is -2.43. The zero-order chi connectivity index (χ0) is 18.7. The summed E-state index contributed by atoms with van der Waals surface area (Å²) in [5.41, 5.74) is 3.20. The molecule has 0 spiro atoms. The maximum absolute atomic E-state index is 12.8. The third kappa shape index (κ3) is 4.21. The zero-order valence-corrected chi connectivity index (χ0v) is 16.1. The Labute approximate surface area is 155 Å². The summed E-state index contributed by atoms with van der Waals surface area (Å²) in [6.45, 7) is 10.3. The molecular weight excluding hydrogens is 324 g/mol. The fourth-order valence-electron chi connectivity index (χ4n) is 3.48. The lowest BCUT2D eigenvalue weighted by atomic mass is 10.0. The molecule has 0 aliphatic carbocycles. The summed E-state index contributed by atoms with van der Waals surface area (Å²) < 4.78 is 0. The highest BCUT2D eigenvalue weighted by Crippen LogP contribution is 2.25. The van der Waals surface area contributed by atoms with Crippen molar-refractivity contribution in [1.82, 2.24) is 9.97 Å². The van der Waals surface area contributed by atoms with Crippen LogP contribution >= 0.6 is 0 Å². The van der Waals surface area contributed by atoms with Gasteiger partial charge in [0.2, 0.25) is 5.95 Å². The number of benzene rings is 1. The first-order valence-corrected chi connectivity index (χ1v) is 9.45. The molecule has 5 nitrogen and oxygen atoms in total. The maximum atomic E-state index is 12.8. The van der Waals surface area contributed by atoms with E-state index in [4.69, 9.17) is 0 Å². The van der Waals surface area contributed by atoms with Gasteiger partial charge in [-0.05, 0) is 49.3 Å². The summed E-state index contributed by atoms with van der Waals surface area (Å²) in [4.78, 5) is 24.1. The molecule has 1 aliphatic rings. The van der Waals surface area contributed by atoms with Crippen LogP contribution in [0.25, 0.3) is 0 Å². The second-order valence-corrected chi connectivity index (χ2v) is 7.58. The van der Waals surface area contributed by atoms with E-state index in [9.17, 15) is 4.79 Å². The van der Waals surface area contributed by atoms with Gasteiger partial charge in [0.1, 0.15) is 5.69 Å². The number of para-hydroxylation sites is 1. The number of rotatable bonds is 4. The van der Waals surface area contributed by atoms with Crippen LogP contribution in [0.2, 0.25) is 0 Å². The third-order valence-corrected chi connectivity index (χ3v) is 4.85. The summed E-state index contributed by atoms with van der Waals surface area (Å²) in [6, 6.07) is 9.67. The van der Waals surface area contributed by atoms with Gasteiger partial charge in [-0.1, -0.05) is 39.0 Å². The lowest BCUT2D eigenvalue weighted by molar-refractivity contribution is 0.102. The minimum atomic E-state index is -0.185. The maximum Gasteiger partial charge on any atom is 0.274 e. The van der Waals surface area contributed by atoms with Gasteiger partial charge in [0.25, 0.3) is 5.91 Å². The van der Waals surface area contributed by atoms with Gasteiger partial charge in [-0.2, -0.15) is 0 Å². The molecule has 138 valence electrons. The molecule has 2 aromatic rings. The molecule has 2 heterocycles. The molecule has 26 heavy (non-hydrogen) atoms. The summed E-state index contributed by atoms with van der Waals surface area (Å²) in [5, 5.41) is 3.03. The predicted octanol–water partition coefficient (Wildman–Crippen LogP) is 4.40. The Kier molecular flexibility index (Phi) is 5.55. The third-order valence-electron chi connectivity index (χ3n) is 4.85. The number of amides is 1. The number of nitrogens with one attached hydrogen (secondary N) is 1. The molecule has 1 aromatic carbocycles. The number of hydrogen-bond donors (Lipinski definition) is 1. The van der Waals surface area contributed by atoms with E-state index in [1.807, 2.05) is 31.2 Å². The van der Waals surface area contributed by atoms with Crippen LogP contribution in [0.4, 0.5) is 11.6 Å². The van der Waals surface area contributed by atoms with E-state index in [1.165, 1.54) is 6.42 Å². The molecule has 5 heteroatoms. The lowest BCUT2D eigenvalue weighted by Crippen LogP contribution is -2.36. The molecule has 0 radical (unpaired) electrons. The highest BCUT2D eigenvalue weighted by molar-refractivity contribution is 6.03. The van der Waals surface area contributed by atoms with Crippen LogP contribution in [0.15, 0.2) is 30.3 Å². The minimum Gasteiger partial charge on any atom is -0.341 e. The van der Waals surface area contributed by atoms with Gasteiger partial charge in [0.15, 0.2) is 0 Å². The molecule has 3 rings (SSSR count). The first-order chi connectivity index (χ1) is 12.4. The van der Waals surface area contributed by atoms with Crippen LogP contribution in [0.3, 0.4) is 0 Å². The van der Waals surface area contributed by atoms with Crippen LogP contribution in [0.5, 0.6) is 0 Å². The van der Waals surface area contributed by atoms with Crippen molar-refractivity contribution in [3.8, 4) is 0 Å². The number of anilines is 2. The zero-order valence-electron chi connectivity index (χ0n) is 16.1. The fraction of sp³-hybridized carbons (Fsp3) is 0.476. The molecule has 1 aliphatic heterocycles. The Bertz CT molecular complexity index is 787. The van der Waals surface area contributed by atoms with Crippen molar-refractivity contribution in [1.29, 1.82) is 0 Å². The van der Waals surface area contributed by atoms with Gasteiger partial charge in [-0.15, -0.1) is 0 Å². The number of nitrogens with zero attached hydrogens (tertiary/aromatic N) is 3. The largest absolute Gasteiger partial charge is 0.341 e. The summed E-state index contributed by atoms with van der Waals surface area (Å²) in [5.74, 6) is 1.45. The van der Waals surface area contributed by atoms with Crippen LogP contribution in [0.1, 0.15) is 61.3 Å². The second kappa shape index (κ2) is 7.85. The number of aryl methyl sites for hydroxylation is 1. The highest BCUT2D eigenvalue weighted by atomic mass is 16.1. The number of piperidine rings is 1. The standard InChI is InChI=1S/C21H28N4O/c1-14(2)17-9-5-6-10-18(17)23-20(26)19-12-16(4)22-21(24-19)25-11-7-8-15(3)13-25/h5-6,9-10,12,14-15H,7-8,11,13H2,1-4H3,(H,23,26). The van der Waals surface area contributed by atoms with E-state index in [0.29, 0.717) is 23.5 Å². The summed E-state index contributed by atoms with van der Waals surface area (Å²) >= 11 is 0. The lowest BCUT2D eigenvalue weighted by Gasteiger charge is -2.31. The van der Waals surface area contributed by atoms with E-state index in [2.05, 4.69) is 41.0 Å². The molecule has 1 fully saturated rings. The SMILES string of the molecule is Cc1cc(C(=O)Nc2ccccc2C(C)C)nc(N2CCCC(C)C2)n1. The molecular formula is C21H28N4O. The van der Waals surface area contributed by atoms with Crippen molar-refractivity contribution in [2.24, 2.45) is 5.92 Å². The van der Waals surface area contributed by atoms with Crippen molar-refractivity contribution in [3.05, 3.63) is 47.3 Å². The summed E-state index contributed by atoms with van der Waals surface area (Å²) in [7, 11) is 0. The topological polar surface area (TPSA) is 58.1 Å². The van der Waals surface area contributed by atoms with Crippen molar-refractivity contribution in [2.45, 2.75) is 46.5 Å². The molecule has 0 bridgehead atoms. The van der Waals surface area contributed by atoms with Crippen molar-refractivity contribution in [3.63, 3.8) is 0 Å². The molecule has 1 N–H and O–H groups in total. The Morgan fingerprint density at radius 3 is 2.77 bits per heavy atom. The van der Waals surface area contributed by atoms with Crippen LogP contribution in [0, 0.1) is 12.8 Å². The Morgan fingerprint density at radius 2 is 2.04 bits per heavy atom. The first-order valence-electron chi connectivity index (χ1n) is 9.45. The minimum absolute atomic E-state index is 0.185. The molecule has 1 aromatic heterocycles. The predicted molar refractivity (Wildman–Crippen MR) is 106 cm³/mol. The van der Waals surface area contributed by atoms with Crippen LogP contribution in [-0.4, -0.2) is 29.0 Å². The number of hydrogen-bond acceptors (Lipinski definition) is 4. The number of aromatic nitrogens is 2. The average molecular weight is 352 g/mol. The molecule has 1 unspecified atom stereocenters. The fourth-order valence-corrected chi connectivity index (χ4v) is 3.48. The molecule has 1 amide bonds. The van der Waals surface area contributed by atoms with Gasteiger partial charge in [0.05, 0.1) is 0 Å². The van der Waals surface area contributed by atoms with E-state index < -0.39 is 0 Å². The van der Waals surface area contributed by atoms with Gasteiger partial charge in [-0.3, -0.25) is 4.79 Å². The first kappa shape index (κ1) is 18.4. The Morgan fingerprint density at radius 1 is 1.27 bits per heavy atom. The monoisotopic (exact) mass is 352 g/mol. The Balaban J connectivity index is 1.84. The van der Waals surface area contributed by atoms with Gasteiger partial charge in [-0.25, -0.2) is 9.97 Å². The van der Waals surface area contributed by atoms with Gasteiger partial charge in [0, 0.05) is 24.5 Å². The second-order valence-electron chi connectivity index (χ2n) is 7.58. The van der Waals surface area contributed by atoms with Crippen LogP contribution < -0.4 is 10.2 Å². The van der Waals surface area contributed by atoms with Gasteiger partial charge >= 0.3 is 0 Å². The normalized spacial score (nSPS) is 17.4. The van der Waals surface area contributed by atoms with E-state index in [-0.39, 0.29) is 5.91 Å². The van der Waals surface area contributed by atoms with E-state index in [0.717, 1.165) is 36.5 Å². The van der Waals surface area contributed by atoms with Crippen LogP contribution in [-0.2, 0) is 0 Å². The molecule has 1 saturated heterocycles. The smallest absolute Gasteiger partial charge is 0.274 e. The van der Waals surface area contributed by atoms with Crippen molar-refractivity contribution < 1.29 is 4.79 Å². The number of carbonyl (C=O) groups is 1. The quantitative estimate of drug-likeness (QED) is 0.886.